The van der Waals surface area contributed by atoms with Gasteiger partial charge in [0.15, 0.2) is 6.29 Å². The minimum Gasteiger partial charge on any atom is -0.465 e. The number of hydrogen-bond donors (Lipinski definition) is 1. The van der Waals surface area contributed by atoms with Gasteiger partial charge in [0.25, 0.3) is 0 Å². The van der Waals surface area contributed by atoms with E-state index in [0.29, 0.717) is 12.3 Å². The number of methoxy groups -OCH3 is 1. The molecule has 2 saturated heterocycles. The molecule has 3 fully saturated rings. The number of hydrogen-bond acceptors (Lipinski definition) is 5. The molecule has 1 N–H and O–H groups in total. The van der Waals surface area contributed by atoms with Crippen molar-refractivity contribution in [2.75, 3.05) is 26.7 Å². The maximum atomic E-state index is 12.8. The summed E-state index contributed by atoms with van der Waals surface area (Å²) < 4.78 is 12.1. The van der Waals surface area contributed by atoms with Gasteiger partial charge in [-0.1, -0.05) is 35.2 Å². The highest BCUT2D eigenvalue weighted by Gasteiger charge is 2.38. The lowest BCUT2D eigenvalue weighted by atomic mass is 9.93. The Balaban J connectivity index is 1.28. The maximum absolute atomic E-state index is 12.8. The summed E-state index contributed by atoms with van der Waals surface area (Å²) in [5.74, 6) is 1.34. The molecular formula is C25H36BrN3O4. The summed E-state index contributed by atoms with van der Waals surface area (Å²) in [5.41, 5.74) is 1.23. The number of benzene rings is 1. The van der Waals surface area contributed by atoms with Gasteiger partial charge in [-0.2, -0.15) is 0 Å². The van der Waals surface area contributed by atoms with E-state index in [0.717, 1.165) is 68.4 Å². The van der Waals surface area contributed by atoms with Gasteiger partial charge in [-0.05, 0) is 68.8 Å². The van der Waals surface area contributed by atoms with Crippen molar-refractivity contribution in [3.05, 3.63) is 28.2 Å². The summed E-state index contributed by atoms with van der Waals surface area (Å²) in [6.07, 6.45) is 7.51. The van der Waals surface area contributed by atoms with Crippen LogP contribution in [0.3, 0.4) is 0 Å². The first-order valence-corrected chi connectivity index (χ1v) is 13.0. The highest BCUT2D eigenvalue weighted by molar-refractivity contribution is 9.10. The summed E-state index contributed by atoms with van der Waals surface area (Å²) >= 11 is 3.68. The van der Waals surface area contributed by atoms with Crippen molar-refractivity contribution in [3.8, 4) is 5.75 Å². The molecule has 3 unspecified atom stereocenters. The van der Waals surface area contributed by atoms with Crippen LogP contribution in [0.5, 0.6) is 5.75 Å². The van der Waals surface area contributed by atoms with Crippen LogP contribution in [0, 0.1) is 5.92 Å². The molecule has 3 amide bonds. The van der Waals surface area contributed by atoms with Crippen LogP contribution in [0.2, 0.25) is 0 Å². The fraction of sp³-hybridized carbons (Fsp3) is 0.680. The van der Waals surface area contributed by atoms with Crippen LogP contribution in [0.25, 0.3) is 0 Å². The molecule has 1 aromatic carbocycles. The summed E-state index contributed by atoms with van der Waals surface area (Å²) in [6, 6.07) is 5.87. The number of carbonyl (C=O) groups is 2. The SMILES string of the molecule is COC(C)Oc1ccc(Br)c(CC2CCN(CC3CC(=O)N(C4CCCCC4)C(=O)N3)C2)c1. The minimum absolute atomic E-state index is 0.00238. The quantitative estimate of drug-likeness (QED) is 0.515. The van der Waals surface area contributed by atoms with Crippen LogP contribution >= 0.6 is 15.9 Å². The number of nitrogens with one attached hydrogen (secondary N) is 1. The molecule has 3 atom stereocenters. The number of urea groups is 1. The van der Waals surface area contributed by atoms with Crippen molar-refractivity contribution in [1.82, 2.24) is 15.1 Å². The second-order valence-corrected chi connectivity index (χ2v) is 10.6. The van der Waals surface area contributed by atoms with E-state index < -0.39 is 0 Å². The molecular weight excluding hydrogens is 486 g/mol. The smallest absolute Gasteiger partial charge is 0.324 e. The number of imide groups is 1. The second-order valence-electron chi connectivity index (χ2n) is 9.70. The largest absolute Gasteiger partial charge is 0.465 e. The van der Waals surface area contributed by atoms with E-state index in [1.54, 1.807) is 7.11 Å². The Morgan fingerprint density at radius 3 is 2.70 bits per heavy atom. The van der Waals surface area contributed by atoms with Crippen molar-refractivity contribution >= 4 is 27.9 Å². The van der Waals surface area contributed by atoms with Gasteiger partial charge in [0.1, 0.15) is 5.75 Å². The fourth-order valence-corrected chi connectivity index (χ4v) is 5.83. The molecule has 2 aliphatic heterocycles. The molecule has 33 heavy (non-hydrogen) atoms. The predicted octanol–water partition coefficient (Wildman–Crippen LogP) is 4.33. The third-order valence-corrected chi connectivity index (χ3v) is 7.96. The number of carbonyl (C=O) groups excluding carboxylic acids is 2. The zero-order valence-electron chi connectivity index (χ0n) is 19.7. The van der Waals surface area contributed by atoms with Gasteiger partial charge in [-0.15, -0.1) is 0 Å². The first kappa shape index (κ1) is 24.5. The number of amides is 3. The molecule has 1 saturated carbocycles. The molecule has 0 aromatic heterocycles. The number of rotatable bonds is 8. The average Bonchev–Trinajstić information content (AvgIpc) is 3.23. The van der Waals surface area contributed by atoms with Crippen LogP contribution in [0.1, 0.15) is 57.4 Å². The lowest BCUT2D eigenvalue weighted by Gasteiger charge is -2.38. The number of nitrogens with zero attached hydrogens (tertiary/aromatic N) is 2. The number of likely N-dealkylation sites (tertiary alicyclic amines) is 1. The highest BCUT2D eigenvalue weighted by atomic mass is 79.9. The molecule has 4 rings (SSSR count). The third kappa shape index (κ3) is 6.28. The molecule has 1 aromatic rings. The zero-order valence-corrected chi connectivity index (χ0v) is 21.3. The van der Waals surface area contributed by atoms with Gasteiger partial charge < -0.3 is 19.7 Å². The van der Waals surface area contributed by atoms with Crippen molar-refractivity contribution in [2.45, 2.75) is 76.7 Å². The van der Waals surface area contributed by atoms with Gasteiger partial charge in [0.05, 0.1) is 6.04 Å². The van der Waals surface area contributed by atoms with E-state index in [9.17, 15) is 9.59 Å². The van der Waals surface area contributed by atoms with E-state index in [2.05, 4.69) is 32.2 Å². The van der Waals surface area contributed by atoms with Crippen LogP contribution in [0.4, 0.5) is 4.79 Å². The van der Waals surface area contributed by atoms with E-state index in [1.165, 1.54) is 16.9 Å². The maximum Gasteiger partial charge on any atom is 0.324 e. The van der Waals surface area contributed by atoms with E-state index in [1.807, 2.05) is 19.1 Å². The Morgan fingerprint density at radius 2 is 1.97 bits per heavy atom. The molecule has 182 valence electrons. The molecule has 7 nitrogen and oxygen atoms in total. The molecule has 0 bridgehead atoms. The molecule has 3 aliphatic rings. The standard InChI is InChI=1S/C25H36BrN3O4/c1-17(32-2)33-22-8-9-23(26)19(13-22)12-18-10-11-28(15-18)16-20-14-24(30)29(25(31)27-20)21-6-4-3-5-7-21/h8-9,13,17-18,20-21H,3-7,10-12,14-16H2,1-2H3,(H,27,31). The second kappa shape index (κ2) is 11.2. The zero-order chi connectivity index (χ0) is 23.4. The van der Waals surface area contributed by atoms with Gasteiger partial charge in [-0.3, -0.25) is 9.69 Å². The van der Waals surface area contributed by atoms with Gasteiger partial charge in [0.2, 0.25) is 5.91 Å². The molecule has 1 aliphatic carbocycles. The van der Waals surface area contributed by atoms with Crippen LogP contribution in [-0.4, -0.2) is 66.9 Å². The lowest BCUT2D eigenvalue weighted by Crippen LogP contribution is -2.60. The lowest BCUT2D eigenvalue weighted by molar-refractivity contribution is -0.132. The first-order chi connectivity index (χ1) is 15.9. The summed E-state index contributed by atoms with van der Waals surface area (Å²) in [6.45, 7) is 4.58. The third-order valence-electron chi connectivity index (χ3n) is 7.18. The molecule has 8 heteroatoms. The van der Waals surface area contributed by atoms with Crippen molar-refractivity contribution in [2.24, 2.45) is 5.92 Å². The van der Waals surface area contributed by atoms with Crippen LogP contribution < -0.4 is 10.1 Å². The highest BCUT2D eigenvalue weighted by Crippen LogP contribution is 2.30. The number of ether oxygens (including phenoxy) is 2. The van der Waals surface area contributed by atoms with Crippen molar-refractivity contribution in [3.63, 3.8) is 0 Å². The van der Waals surface area contributed by atoms with Gasteiger partial charge in [0, 0.05) is 37.1 Å². The molecule has 0 spiro atoms. The number of halogens is 1. The van der Waals surface area contributed by atoms with Gasteiger partial charge >= 0.3 is 6.03 Å². The van der Waals surface area contributed by atoms with E-state index >= 15 is 0 Å². The Hall–Kier alpha value is -1.64. The average molecular weight is 522 g/mol. The van der Waals surface area contributed by atoms with Crippen LogP contribution in [0.15, 0.2) is 22.7 Å². The summed E-state index contributed by atoms with van der Waals surface area (Å²) in [4.78, 5) is 29.4. The van der Waals surface area contributed by atoms with Crippen molar-refractivity contribution < 1.29 is 19.1 Å². The first-order valence-electron chi connectivity index (χ1n) is 12.3. The Bertz CT molecular complexity index is 827. The fourth-order valence-electron chi connectivity index (χ4n) is 5.43. The van der Waals surface area contributed by atoms with Gasteiger partial charge in [-0.25, -0.2) is 4.79 Å². The predicted molar refractivity (Wildman–Crippen MR) is 130 cm³/mol. The minimum atomic E-state index is -0.288. The molecule has 0 radical (unpaired) electrons. The van der Waals surface area contributed by atoms with Crippen molar-refractivity contribution in [1.29, 1.82) is 0 Å². The monoisotopic (exact) mass is 521 g/mol. The summed E-state index contributed by atoms with van der Waals surface area (Å²) in [5, 5.41) is 3.11. The topological polar surface area (TPSA) is 71.1 Å². The van der Waals surface area contributed by atoms with Crippen LogP contribution in [-0.2, 0) is 16.0 Å². The Kier molecular flexibility index (Phi) is 8.30. The summed E-state index contributed by atoms with van der Waals surface area (Å²) in [7, 11) is 1.63. The van der Waals surface area contributed by atoms with E-state index in [4.69, 9.17) is 9.47 Å². The Morgan fingerprint density at radius 1 is 1.18 bits per heavy atom. The Labute approximate surface area is 205 Å². The molecule has 2 heterocycles. The normalized spacial score (nSPS) is 25.8. The van der Waals surface area contributed by atoms with E-state index in [-0.39, 0.29) is 30.3 Å².